The third kappa shape index (κ3) is 4.86. The van der Waals surface area contributed by atoms with Crippen molar-refractivity contribution in [2.24, 2.45) is 0 Å². The molecule has 0 saturated carbocycles. The molecule has 2 N–H and O–H groups in total. The van der Waals surface area contributed by atoms with Crippen molar-refractivity contribution in [2.75, 3.05) is 0 Å². The van der Waals surface area contributed by atoms with E-state index >= 15 is 0 Å². The number of nitrogens with zero attached hydrogens (tertiary/aromatic N) is 2. The molecule has 1 aromatic heterocycles. The van der Waals surface area contributed by atoms with Crippen LogP contribution in [-0.2, 0) is 25.7 Å². The van der Waals surface area contributed by atoms with Crippen molar-refractivity contribution in [2.45, 2.75) is 58.7 Å². The first kappa shape index (κ1) is 21.9. The van der Waals surface area contributed by atoms with Crippen LogP contribution in [0.15, 0.2) is 16.6 Å². The van der Waals surface area contributed by atoms with Crippen molar-refractivity contribution in [3.05, 3.63) is 28.0 Å². The molecule has 1 aromatic carbocycles. The zero-order valence-corrected chi connectivity index (χ0v) is 18.8. The number of halogens is 1. The largest absolute Gasteiger partial charge is 0.459 e. The van der Waals surface area contributed by atoms with E-state index in [1.54, 1.807) is 44.4 Å². The summed E-state index contributed by atoms with van der Waals surface area (Å²) in [5.41, 5.74) is 0.634. The molecule has 0 bridgehead atoms. The van der Waals surface area contributed by atoms with Crippen LogP contribution >= 0.6 is 15.9 Å². The fourth-order valence-electron chi connectivity index (χ4n) is 3.25. The number of esters is 1. The molecule has 1 aliphatic rings. The van der Waals surface area contributed by atoms with E-state index < -0.39 is 29.4 Å². The summed E-state index contributed by atoms with van der Waals surface area (Å²) >= 11 is 3.39. The normalized spacial score (nSPS) is 17.0. The third-order valence-corrected chi connectivity index (χ3v) is 4.96. The summed E-state index contributed by atoms with van der Waals surface area (Å²) in [6, 6.07) is 2.57. The summed E-state index contributed by atoms with van der Waals surface area (Å²) in [4.78, 5) is 53.0. The number of hydrogen-bond donors (Lipinski definition) is 2. The van der Waals surface area contributed by atoms with Gasteiger partial charge in [-0.05, 0) is 46.2 Å². The highest BCUT2D eigenvalue weighted by molar-refractivity contribution is 9.10. The maximum absolute atomic E-state index is 12.9. The summed E-state index contributed by atoms with van der Waals surface area (Å²) in [5.74, 6) is -1.24. The summed E-state index contributed by atoms with van der Waals surface area (Å²) in [6.07, 6.45) is 0.397. The second kappa shape index (κ2) is 8.17. The van der Waals surface area contributed by atoms with Gasteiger partial charge in [-0.3, -0.25) is 24.5 Å². The van der Waals surface area contributed by atoms with Gasteiger partial charge in [-0.2, -0.15) is 0 Å². The van der Waals surface area contributed by atoms with Crippen molar-refractivity contribution < 1.29 is 23.9 Å². The number of fused-ring (bicyclic) bond motifs is 1. The molecule has 1 aliphatic heterocycles. The van der Waals surface area contributed by atoms with Gasteiger partial charge < -0.3 is 14.6 Å². The summed E-state index contributed by atoms with van der Waals surface area (Å²) in [7, 11) is 0. The first-order valence-corrected chi connectivity index (χ1v) is 10.3. The molecule has 3 amide bonds. The van der Waals surface area contributed by atoms with Gasteiger partial charge in [0.1, 0.15) is 29.5 Å². The molecular weight excluding hydrogens is 456 g/mol. The van der Waals surface area contributed by atoms with Gasteiger partial charge in [-0.15, -0.1) is 0 Å². The number of aromatic nitrogens is 2. The van der Waals surface area contributed by atoms with Crippen LogP contribution in [0.3, 0.4) is 0 Å². The molecule has 160 valence electrons. The molecular formula is C20H23BrN4O5. The van der Waals surface area contributed by atoms with Gasteiger partial charge in [0.2, 0.25) is 11.8 Å². The lowest BCUT2D eigenvalue weighted by Crippen LogP contribution is -2.52. The fourth-order valence-corrected chi connectivity index (χ4v) is 3.69. The average Bonchev–Trinajstić information content (AvgIpc) is 2.90. The monoisotopic (exact) mass is 478 g/mol. The number of nitrogens with one attached hydrogen (secondary N) is 2. The molecule has 30 heavy (non-hydrogen) atoms. The predicted molar refractivity (Wildman–Crippen MR) is 112 cm³/mol. The van der Waals surface area contributed by atoms with Crippen molar-refractivity contribution in [3.63, 3.8) is 0 Å². The number of imidazole rings is 1. The second-order valence-electron chi connectivity index (χ2n) is 8.13. The molecule has 0 radical (unpaired) electrons. The zero-order valence-electron chi connectivity index (χ0n) is 17.2. The standard InChI is InChI=1S/C20H23BrN4O5/c1-10-22-17-12(18(28)23-13-5-6-15(26)24-19(13)29)7-11(21)8-14(17)25(10)9-16(27)30-20(2,3)4/h7-8,13H,5-6,9H2,1-4H3,(H,23,28)(H,24,26,29). The Morgan fingerprint density at radius 3 is 2.67 bits per heavy atom. The van der Waals surface area contributed by atoms with Gasteiger partial charge in [0.05, 0.1) is 11.1 Å². The van der Waals surface area contributed by atoms with Gasteiger partial charge in [-0.1, -0.05) is 15.9 Å². The molecule has 1 unspecified atom stereocenters. The van der Waals surface area contributed by atoms with Crippen LogP contribution in [0.5, 0.6) is 0 Å². The van der Waals surface area contributed by atoms with Crippen molar-refractivity contribution >= 4 is 50.7 Å². The highest BCUT2D eigenvalue weighted by Gasteiger charge is 2.29. The van der Waals surface area contributed by atoms with Crippen LogP contribution in [-0.4, -0.2) is 44.9 Å². The number of hydrogen-bond acceptors (Lipinski definition) is 6. The van der Waals surface area contributed by atoms with Gasteiger partial charge in [0.15, 0.2) is 0 Å². The number of ether oxygens (including phenoxy) is 1. The molecule has 1 atom stereocenters. The SMILES string of the molecule is Cc1nc2c(C(=O)NC3CCC(=O)NC3=O)cc(Br)cc2n1CC(=O)OC(C)(C)C. The number of amides is 3. The minimum absolute atomic E-state index is 0.0513. The Balaban J connectivity index is 1.91. The predicted octanol–water partition coefficient (Wildman–Crippen LogP) is 1.98. The van der Waals surface area contributed by atoms with Gasteiger partial charge in [-0.25, -0.2) is 4.98 Å². The van der Waals surface area contributed by atoms with Crippen LogP contribution in [0.25, 0.3) is 11.0 Å². The number of imide groups is 1. The highest BCUT2D eigenvalue weighted by atomic mass is 79.9. The van der Waals surface area contributed by atoms with Gasteiger partial charge >= 0.3 is 5.97 Å². The van der Waals surface area contributed by atoms with E-state index in [4.69, 9.17) is 4.74 Å². The van der Waals surface area contributed by atoms with E-state index in [2.05, 4.69) is 31.5 Å². The van der Waals surface area contributed by atoms with E-state index in [1.165, 1.54) is 0 Å². The summed E-state index contributed by atoms with van der Waals surface area (Å²) in [6.45, 7) is 7.05. The topological polar surface area (TPSA) is 119 Å². The Kier molecular flexibility index (Phi) is 5.98. The van der Waals surface area contributed by atoms with Crippen molar-refractivity contribution in [1.29, 1.82) is 0 Å². The fraction of sp³-hybridized carbons (Fsp3) is 0.450. The van der Waals surface area contributed by atoms with E-state index in [0.717, 1.165) is 0 Å². The second-order valence-corrected chi connectivity index (χ2v) is 9.05. The van der Waals surface area contributed by atoms with E-state index in [1.807, 2.05) is 0 Å². The quantitative estimate of drug-likeness (QED) is 0.512. The van der Waals surface area contributed by atoms with Crippen LogP contribution in [0.4, 0.5) is 0 Å². The zero-order chi connectivity index (χ0) is 22.2. The molecule has 10 heteroatoms. The van der Waals surface area contributed by atoms with Crippen LogP contribution in [0, 0.1) is 6.92 Å². The average molecular weight is 479 g/mol. The Hall–Kier alpha value is -2.75. The number of aryl methyl sites for hydroxylation is 1. The molecule has 0 spiro atoms. The number of rotatable bonds is 4. The Bertz CT molecular complexity index is 1050. The van der Waals surface area contributed by atoms with E-state index in [9.17, 15) is 19.2 Å². The minimum Gasteiger partial charge on any atom is -0.459 e. The smallest absolute Gasteiger partial charge is 0.326 e. The maximum Gasteiger partial charge on any atom is 0.326 e. The highest BCUT2D eigenvalue weighted by Crippen LogP contribution is 2.26. The van der Waals surface area contributed by atoms with Gasteiger partial charge in [0.25, 0.3) is 5.91 Å². The Morgan fingerprint density at radius 2 is 2.03 bits per heavy atom. The Labute approximate surface area is 181 Å². The van der Waals surface area contributed by atoms with Crippen LogP contribution in [0.2, 0.25) is 0 Å². The number of benzene rings is 1. The first-order valence-electron chi connectivity index (χ1n) is 9.47. The Morgan fingerprint density at radius 1 is 1.33 bits per heavy atom. The molecule has 2 heterocycles. The lowest BCUT2D eigenvalue weighted by atomic mass is 10.1. The lowest BCUT2D eigenvalue weighted by molar-refractivity contribution is -0.155. The minimum atomic E-state index is -0.797. The van der Waals surface area contributed by atoms with Crippen LogP contribution < -0.4 is 10.6 Å². The summed E-state index contributed by atoms with van der Waals surface area (Å²) < 4.78 is 7.69. The number of carbonyl (C=O) groups is 4. The molecule has 1 saturated heterocycles. The lowest BCUT2D eigenvalue weighted by Gasteiger charge is -2.22. The molecule has 2 aromatic rings. The number of carbonyl (C=O) groups excluding carboxylic acids is 4. The number of piperidine rings is 1. The van der Waals surface area contributed by atoms with Gasteiger partial charge in [0, 0.05) is 10.9 Å². The summed E-state index contributed by atoms with van der Waals surface area (Å²) in [5, 5.41) is 4.88. The van der Waals surface area contributed by atoms with E-state index in [-0.39, 0.29) is 30.9 Å². The molecule has 9 nitrogen and oxygen atoms in total. The molecule has 0 aliphatic carbocycles. The van der Waals surface area contributed by atoms with E-state index in [0.29, 0.717) is 21.3 Å². The maximum atomic E-state index is 12.9. The van der Waals surface area contributed by atoms with Crippen molar-refractivity contribution in [3.8, 4) is 0 Å². The van der Waals surface area contributed by atoms with Crippen molar-refractivity contribution in [1.82, 2.24) is 20.2 Å². The third-order valence-electron chi connectivity index (χ3n) is 4.51. The molecule has 3 rings (SSSR count). The first-order chi connectivity index (χ1) is 13.9. The van der Waals surface area contributed by atoms with Crippen LogP contribution in [0.1, 0.15) is 49.8 Å². The molecule has 1 fully saturated rings.